The Balaban J connectivity index is 1.23. The molecule has 2 aliphatic carbocycles. The molecule has 13 nitrogen and oxygen atoms in total. The Kier molecular flexibility index (Phi) is 18.3. The number of rotatable bonds is 28. The summed E-state index contributed by atoms with van der Waals surface area (Å²) in [5, 5.41) is 0. The molecule has 0 heterocycles. The van der Waals surface area contributed by atoms with Crippen LogP contribution in [-0.4, -0.2) is 114 Å². The lowest BCUT2D eigenvalue weighted by molar-refractivity contribution is -0.175. The van der Waals surface area contributed by atoms with E-state index < -0.39 is 35.1 Å². The topological polar surface area (TPSA) is 151 Å². The highest BCUT2D eigenvalue weighted by Crippen LogP contribution is 2.25. The zero-order valence-electron chi connectivity index (χ0n) is 33.0. The van der Waals surface area contributed by atoms with Crippen LogP contribution in [0.1, 0.15) is 47.2 Å². The lowest BCUT2D eigenvalue weighted by Crippen LogP contribution is -2.45. The van der Waals surface area contributed by atoms with Crippen molar-refractivity contribution in [2.45, 2.75) is 50.7 Å². The average molecular weight is 791 g/mol. The number of carbonyl (C=O) groups excluding carboxylic acids is 4. The maximum absolute atomic E-state index is 12.3. The van der Waals surface area contributed by atoms with Gasteiger partial charge in [-0.05, 0) is 85.1 Å². The van der Waals surface area contributed by atoms with Crippen LogP contribution in [0.3, 0.4) is 0 Å². The van der Waals surface area contributed by atoms with Crippen molar-refractivity contribution in [3.63, 3.8) is 0 Å². The minimum atomic E-state index is -1.02. The van der Waals surface area contributed by atoms with Crippen LogP contribution in [0.4, 0.5) is 0 Å². The van der Waals surface area contributed by atoms with Gasteiger partial charge in [0.05, 0.1) is 52.9 Å². The summed E-state index contributed by atoms with van der Waals surface area (Å²) in [7, 11) is 0. The second kappa shape index (κ2) is 23.3. The molecule has 308 valence electrons. The number of benzene rings is 2. The molecular formula is C44H54O13. The Labute approximate surface area is 334 Å². The van der Waals surface area contributed by atoms with Gasteiger partial charge in [0.25, 0.3) is 0 Å². The molecule has 0 aliphatic heterocycles. The molecule has 0 bridgehead atoms. The van der Waals surface area contributed by atoms with Gasteiger partial charge in [0, 0.05) is 24.3 Å². The normalized spacial score (nSPS) is 14.9. The first kappa shape index (κ1) is 44.8. The van der Waals surface area contributed by atoms with Crippen LogP contribution in [-0.2, 0) is 87.5 Å². The number of aryl methyl sites for hydroxylation is 4. The van der Waals surface area contributed by atoms with E-state index in [0.717, 1.165) is 49.0 Å². The van der Waals surface area contributed by atoms with E-state index in [2.05, 4.69) is 37.4 Å². The van der Waals surface area contributed by atoms with Crippen molar-refractivity contribution in [1.29, 1.82) is 0 Å². The molecule has 13 heteroatoms. The average Bonchev–Trinajstić information content (AvgIpc) is 3.17. The summed E-state index contributed by atoms with van der Waals surface area (Å²) in [5.41, 5.74) is 5.13. The van der Waals surface area contributed by atoms with Gasteiger partial charge in [0.15, 0.2) is 0 Å². The zero-order valence-corrected chi connectivity index (χ0v) is 33.0. The summed E-state index contributed by atoms with van der Waals surface area (Å²) in [6.07, 6.45) is 12.6. The summed E-state index contributed by atoms with van der Waals surface area (Å²) in [6.45, 7) is 10.7. The van der Waals surface area contributed by atoms with E-state index in [1.807, 2.05) is 12.1 Å². The summed E-state index contributed by atoms with van der Waals surface area (Å²) in [5.74, 6) is -2.14. The third-order valence-corrected chi connectivity index (χ3v) is 9.07. The molecule has 2 aromatic rings. The minimum absolute atomic E-state index is 0.0150. The van der Waals surface area contributed by atoms with Gasteiger partial charge in [-0.25, -0.2) is 19.2 Å². The standard InChI is InChI=1S/C44H54O13/c1-5-39(45)52-23-25-56-43(3,29-49-19-21-54-41(47)17-9-33-7-11-35-13-15-37(35)27-33)31-51-32-44(4,57-26-24-53-40(46)6-2)30-50-20-22-55-42(48)18-10-34-8-12-36-14-16-38(36)28-34/h5-12,17-18,27-28H,1-2,13-16,19-26,29-32H2,3-4H3/b17-9+,18-10+. The van der Waals surface area contributed by atoms with Crippen LogP contribution in [0.2, 0.25) is 0 Å². The minimum Gasteiger partial charge on any atom is -0.460 e. The molecule has 0 fully saturated rings. The quantitative estimate of drug-likeness (QED) is 0.0505. The monoisotopic (exact) mass is 790 g/mol. The van der Waals surface area contributed by atoms with Crippen LogP contribution < -0.4 is 0 Å². The third-order valence-electron chi connectivity index (χ3n) is 9.07. The highest BCUT2D eigenvalue weighted by atomic mass is 16.6. The molecule has 2 atom stereocenters. The fourth-order valence-electron chi connectivity index (χ4n) is 5.75. The van der Waals surface area contributed by atoms with Gasteiger partial charge in [-0.3, -0.25) is 0 Å². The molecule has 2 unspecified atom stereocenters. The Morgan fingerprint density at radius 3 is 1.25 bits per heavy atom. The first-order chi connectivity index (χ1) is 27.5. The van der Waals surface area contributed by atoms with Crippen LogP contribution in [0, 0.1) is 0 Å². The van der Waals surface area contributed by atoms with Crippen LogP contribution in [0.15, 0.2) is 73.9 Å². The summed E-state index contributed by atoms with van der Waals surface area (Å²) in [6, 6.07) is 12.2. The van der Waals surface area contributed by atoms with Gasteiger partial charge in [-0.15, -0.1) is 0 Å². The number of hydrogen-bond donors (Lipinski definition) is 0. The Bertz CT molecular complexity index is 1620. The van der Waals surface area contributed by atoms with Gasteiger partial charge in [0.1, 0.15) is 37.6 Å². The Morgan fingerprint density at radius 1 is 0.509 bits per heavy atom. The first-order valence-corrected chi connectivity index (χ1v) is 19.0. The van der Waals surface area contributed by atoms with Crippen molar-refractivity contribution in [3.8, 4) is 0 Å². The second-order valence-corrected chi connectivity index (χ2v) is 14.0. The van der Waals surface area contributed by atoms with Gasteiger partial charge in [-0.2, -0.15) is 0 Å². The van der Waals surface area contributed by atoms with E-state index >= 15 is 0 Å². The van der Waals surface area contributed by atoms with Crippen molar-refractivity contribution in [2.75, 3.05) is 79.3 Å². The molecule has 0 saturated carbocycles. The van der Waals surface area contributed by atoms with Crippen LogP contribution in [0.5, 0.6) is 0 Å². The van der Waals surface area contributed by atoms with Gasteiger partial charge >= 0.3 is 23.9 Å². The molecule has 2 aromatic carbocycles. The molecule has 0 aromatic heterocycles. The lowest BCUT2D eigenvalue weighted by atomic mass is 9.87. The summed E-state index contributed by atoms with van der Waals surface area (Å²) in [4.78, 5) is 47.6. The molecule has 57 heavy (non-hydrogen) atoms. The van der Waals surface area contributed by atoms with Crippen LogP contribution >= 0.6 is 0 Å². The maximum Gasteiger partial charge on any atom is 0.330 e. The second-order valence-electron chi connectivity index (χ2n) is 14.0. The zero-order chi connectivity index (χ0) is 40.9. The van der Waals surface area contributed by atoms with Gasteiger partial charge < -0.3 is 42.6 Å². The van der Waals surface area contributed by atoms with Crippen molar-refractivity contribution in [1.82, 2.24) is 0 Å². The van der Waals surface area contributed by atoms with E-state index in [1.165, 1.54) is 34.4 Å². The van der Waals surface area contributed by atoms with Crippen molar-refractivity contribution >= 4 is 36.0 Å². The predicted molar refractivity (Wildman–Crippen MR) is 211 cm³/mol. The van der Waals surface area contributed by atoms with E-state index in [1.54, 1.807) is 26.0 Å². The van der Waals surface area contributed by atoms with Crippen molar-refractivity contribution < 1.29 is 61.8 Å². The molecule has 2 aliphatic rings. The number of ether oxygens (including phenoxy) is 9. The number of fused-ring (bicyclic) bond motifs is 2. The predicted octanol–water partition coefficient (Wildman–Crippen LogP) is 4.76. The lowest BCUT2D eigenvalue weighted by Gasteiger charge is -2.33. The number of hydrogen-bond acceptors (Lipinski definition) is 13. The van der Waals surface area contributed by atoms with Crippen molar-refractivity contribution in [2.24, 2.45) is 0 Å². The highest BCUT2D eigenvalue weighted by molar-refractivity contribution is 5.87. The molecule has 0 radical (unpaired) electrons. The first-order valence-electron chi connectivity index (χ1n) is 19.0. The molecular weight excluding hydrogens is 736 g/mol. The van der Waals surface area contributed by atoms with E-state index in [0.29, 0.717) is 0 Å². The molecule has 0 amide bonds. The summed E-state index contributed by atoms with van der Waals surface area (Å²) >= 11 is 0. The fourth-order valence-corrected chi connectivity index (χ4v) is 5.75. The molecule has 0 N–H and O–H groups in total. The SMILES string of the molecule is C=CC(=O)OCCOC(C)(COCCOC(=O)/C=C/c1ccc2c(c1)CC2)COCC(C)(COCCOC(=O)/C=C/c1ccc2c(c1)CC2)OCCOC(=O)C=C. The van der Waals surface area contributed by atoms with E-state index in [4.69, 9.17) is 42.6 Å². The Hall–Kier alpha value is -4.92. The summed E-state index contributed by atoms with van der Waals surface area (Å²) < 4.78 is 50.5. The molecule has 0 spiro atoms. The van der Waals surface area contributed by atoms with Crippen LogP contribution in [0.25, 0.3) is 12.2 Å². The number of esters is 4. The van der Waals surface area contributed by atoms with Gasteiger partial charge in [0.2, 0.25) is 0 Å². The largest absolute Gasteiger partial charge is 0.460 e. The number of carbonyl (C=O) groups is 4. The maximum atomic E-state index is 12.3. The Morgan fingerprint density at radius 2 is 0.877 bits per heavy atom. The fraction of sp³-hybridized carbons (Fsp3) is 0.455. The van der Waals surface area contributed by atoms with Gasteiger partial charge in [-0.1, -0.05) is 49.6 Å². The molecule has 4 rings (SSSR count). The molecule has 0 saturated heterocycles. The van der Waals surface area contributed by atoms with E-state index in [9.17, 15) is 19.2 Å². The van der Waals surface area contributed by atoms with E-state index in [-0.39, 0.29) is 79.3 Å². The smallest absolute Gasteiger partial charge is 0.330 e. The van der Waals surface area contributed by atoms with Crippen molar-refractivity contribution in [3.05, 3.63) is 107 Å². The third kappa shape index (κ3) is 16.2. The highest BCUT2D eigenvalue weighted by Gasteiger charge is 2.31.